The third-order valence-electron chi connectivity index (χ3n) is 4.27. The van der Waals surface area contributed by atoms with Gasteiger partial charge in [-0.05, 0) is 34.6 Å². The molecule has 118 valence electrons. The number of benzene rings is 2. The van der Waals surface area contributed by atoms with Crippen molar-refractivity contribution in [2.24, 2.45) is 11.8 Å². The zero-order valence-electron chi connectivity index (χ0n) is 14.1. The Morgan fingerprint density at radius 3 is 2.27 bits per heavy atom. The maximum atomic E-state index is 12.3. The monoisotopic (exact) mass is 297 g/mol. The number of hydrogen-bond acceptors (Lipinski definition) is 1. The maximum Gasteiger partial charge on any atom is 0.220 e. The Morgan fingerprint density at radius 1 is 0.955 bits per heavy atom. The van der Waals surface area contributed by atoms with Crippen LogP contribution >= 0.6 is 0 Å². The van der Waals surface area contributed by atoms with Crippen LogP contribution in [0.2, 0.25) is 0 Å². The van der Waals surface area contributed by atoms with Crippen LogP contribution in [0.4, 0.5) is 0 Å². The van der Waals surface area contributed by atoms with Crippen LogP contribution < -0.4 is 5.32 Å². The van der Waals surface area contributed by atoms with Gasteiger partial charge in [-0.1, -0.05) is 70.2 Å². The topological polar surface area (TPSA) is 29.1 Å². The van der Waals surface area contributed by atoms with Gasteiger partial charge in [0.15, 0.2) is 0 Å². The highest BCUT2D eigenvalue weighted by Crippen LogP contribution is 2.20. The smallest absolute Gasteiger partial charge is 0.220 e. The molecule has 0 spiro atoms. The molecule has 1 N–H and O–H groups in total. The van der Waals surface area contributed by atoms with E-state index in [1.165, 1.54) is 16.3 Å². The fraction of sp³-hybridized carbons (Fsp3) is 0.450. The summed E-state index contributed by atoms with van der Waals surface area (Å²) >= 11 is 0. The van der Waals surface area contributed by atoms with Crippen molar-refractivity contribution in [3.05, 3.63) is 48.0 Å². The molecule has 0 bridgehead atoms. The van der Waals surface area contributed by atoms with Crippen molar-refractivity contribution in [2.75, 3.05) is 0 Å². The Morgan fingerprint density at radius 2 is 1.59 bits per heavy atom. The zero-order valence-corrected chi connectivity index (χ0v) is 14.1. The number of aryl methyl sites for hydroxylation is 1. The van der Waals surface area contributed by atoms with Gasteiger partial charge in [0.2, 0.25) is 5.91 Å². The predicted octanol–water partition coefficient (Wildman–Crippen LogP) is 4.57. The van der Waals surface area contributed by atoms with Crippen LogP contribution in [0.3, 0.4) is 0 Å². The van der Waals surface area contributed by atoms with Crippen molar-refractivity contribution in [2.45, 2.75) is 46.6 Å². The number of nitrogens with one attached hydrogen (secondary N) is 1. The van der Waals surface area contributed by atoms with Crippen LogP contribution in [0.5, 0.6) is 0 Å². The minimum absolute atomic E-state index is 0.153. The summed E-state index contributed by atoms with van der Waals surface area (Å²) in [6.07, 6.45) is 1.33. The molecule has 0 saturated heterocycles. The van der Waals surface area contributed by atoms with Gasteiger partial charge in [-0.3, -0.25) is 4.79 Å². The number of hydrogen-bond donors (Lipinski definition) is 1. The second-order valence-electron chi connectivity index (χ2n) is 6.72. The second kappa shape index (κ2) is 7.44. The Hall–Kier alpha value is -1.83. The highest BCUT2D eigenvalue weighted by Gasteiger charge is 2.19. The molecule has 0 unspecified atom stereocenters. The molecular weight excluding hydrogens is 270 g/mol. The van der Waals surface area contributed by atoms with Gasteiger partial charge in [0, 0.05) is 12.5 Å². The van der Waals surface area contributed by atoms with E-state index >= 15 is 0 Å². The molecule has 0 aliphatic heterocycles. The molecule has 0 atom stereocenters. The molecule has 2 rings (SSSR count). The van der Waals surface area contributed by atoms with Crippen molar-refractivity contribution in [3.63, 3.8) is 0 Å². The van der Waals surface area contributed by atoms with E-state index in [-0.39, 0.29) is 11.9 Å². The molecule has 2 aromatic carbocycles. The van der Waals surface area contributed by atoms with Crippen LogP contribution in [0.25, 0.3) is 10.8 Å². The molecule has 0 aromatic heterocycles. The van der Waals surface area contributed by atoms with Gasteiger partial charge in [0.25, 0.3) is 0 Å². The molecule has 1 amide bonds. The third kappa shape index (κ3) is 4.09. The maximum absolute atomic E-state index is 12.3. The van der Waals surface area contributed by atoms with E-state index in [4.69, 9.17) is 0 Å². The fourth-order valence-corrected chi connectivity index (χ4v) is 3.12. The summed E-state index contributed by atoms with van der Waals surface area (Å²) in [6.45, 7) is 8.65. The minimum Gasteiger partial charge on any atom is -0.353 e. The first-order chi connectivity index (χ1) is 10.5. The Balaban J connectivity index is 2.01. The lowest BCUT2D eigenvalue weighted by Crippen LogP contribution is -2.42. The molecule has 22 heavy (non-hydrogen) atoms. The number of amides is 1. The normalized spacial score (nSPS) is 11.6. The van der Waals surface area contributed by atoms with Crippen molar-refractivity contribution >= 4 is 16.7 Å². The van der Waals surface area contributed by atoms with E-state index in [2.05, 4.69) is 75.5 Å². The molecular formula is C20H27NO. The van der Waals surface area contributed by atoms with E-state index in [0.717, 1.165) is 6.42 Å². The molecule has 0 aliphatic carbocycles. The fourth-order valence-electron chi connectivity index (χ4n) is 3.12. The first-order valence-corrected chi connectivity index (χ1v) is 8.25. The highest BCUT2D eigenvalue weighted by atomic mass is 16.1. The quantitative estimate of drug-likeness (QED) is 0.831. The number of carbonyl (C=O) groups excluding carboxylic acids is 1. The largest absolute Gasteiger partial charge is 0.353 e. The number of fused-ring (bicyclic) bond motifs is 1. The van der Waals surface area contributed by atoms with Crippen LogP contribution in [0.15, 0.2) is 42.5 Å². The summed E-state index contributed by atoms with van der Waals surface area (Å²) in [5.74, 6) is 1.07. The summed E-state index contributed by atoms with van der Waals surface area (Å²) in [4.78, 5) is 12.3. The molecule has 0 saturated carbocycles. The third-order valence-corrected chi connectivity index (χ3v) is 4.27. The molecule has 0 fully saturated rings. The molecule has 2 nitrogen and oxygen atoms in total. The van der Waals surface area contributed by atoms with Crippen molar-refractivity contribution in [1.82, 2.24) is 5.32 Å². The first kappa shape index (κ1) is 16.5. The van der Waals surface area contributed by atoms with Gasteiger partial charge in [-0.15, -0.1) is 0 Å². The first-order valence-electron chi connectivity index (χ1n) is 8.25. The van der Waals surface area contributed by atoms with Gasteiger partial charge in [0.1, 0.15) is 0 Å². The predicted molar refractivity (Wildman–Crippen MR) is 93.9 cm³/mol. The molecule has 2 aromatic rings. The Bertz CT molecular complexity index is 617. The second-order valence-corrected chi connectivity index (χ2v) is 6.72. The Labute approximate surface area is 133 Å². The van der Waals surface area contributed by atoms with Crippen LogP contribution in [-0.4, -0.2) is 11.9 Å². The molecule has 0 aliphatic rings. The van der Waals surface area contributed by atoms with Crippen LogP contribution in [-0.2, 0) is 11.2 Å². The average Bonchev–Trinajstić information content (AvgIpc) is 2.49. The summed E-state index contributed by atoms with van der Waals surface area (Å²) < 4.78 is 0. The molecule has 0 heterocycles. The zero-order chi connectivity index (χ0) is 16.1. The van der Waals surface area contributed by atoms with Gasteiger partial charge in [0.05, 0.1) is 0 Å². The standard InChI is InChI=1S/C20H27NO/c1-14(2)20(15(3)4)21-19(22)13-12-17-10-7-9-16-8-5-6-11-18(16)17/h5-11,14-15,20H,12-13H2,1-4H3,(H,21,22). The van der Waals surface area contributed by atoms with Gasteiger partial charge < -0.3 is 5.32 Å². The highest BCUT2D eigenvalue weighted by molar-refractivity contribution is 5.86. The van der Waals surface area contributed by atoms with Gasteiger partial charge in [-0.2, -0.15) is 0 Å². The van der Waals surface area contributed by atoms with Crippen molar-refractivity contribution < 1.29 is 4.79 Å². The summed E-state index contributed by atoms with van der Waals surface area (Å²) in [6, 6.07) is 14.9. The van der Waals surface area contributed by atoms with E-state index < -0.39 is 0 Å². The van der Waals surface area contributed by atoms with Gasteiger partial charge >= 0.3 is 0 Å². The van der Waals surface area contributed by atoms with Crippen molar-refractivity contribution in [3.8, 4) is 0 Å². The van der Waals surface area contributed by atoms with Crippen LogP contribution in [0, 0.1) is 11.8 Å². The summed E-state index contributed by atoms with van der Waals surface area (Å²) in [5.41, 5.74) is 1.25. The lowest BCUT2D eigenvalue weighted by Gasteiger charge is -2.26. The number of rotatable bonds is 6. The molecule has 2 heteroatoms. The van der Waals surface area contributed by atoms with Crippen LogP contribution in [0.1, 0.15) is 39.7 Å². The van der Waals surface area contributed by atoms with Crippen molar-refractivity contribution in [1.29, 1.82) is 0 Å². The molecule has 0 radical (unpaired) electrons. The SMILES string of the molecule is CC(C)C(NC(=O)CCc1cccc2ccccc12)C(C)C. The average molecular weight is 297 g/mol. The van der Waals surface area contributed by atoms with E-state index in [1.807, 2.05) is 0 Å². The Kier molecular flexibility index (Phi) is 5.59. The lowest BCUT2D eigenvalue weighted by atomic mass is 9.93. The van der Waals surface area contributed by atoms with Gasteiger partial charge in [-0.25, -0.2) is 0 Å². The number of carbonyl (C=O) groups is 1. The van der Waals surface area contributed by atoms with E-state index in [1.54, 1.807) is 0 Å². The van der Waals surface area contributed by atoms with E-state index in [9.17, 15) is 4.79 Å². The lowest BCUT2D eigenvalue weighted by molar-refractivity contribution is -0.122. The summed E-state index contributed by atoms with van der Waals surface area (Å²) in [7, 11) is 0. The minimum atomic E-state index is 0.153. The summed E-state index contributed by atoms with van der Waals surface area (Å²) in [5, 5.41) is 5.69. The van der Waals surface area contributed by atoms with E-state index in [0.29, 0.717) is 18.3 Å².